The van der Waals surface area contributed by atoms with Crippen LogP contribution in [-0.2, 0) is 4.74 Å². The Kier molecular flexibility index (Phi) is 6.12. The molecule has 0 fully saturated rings. The van der Waals surface area contributed by atoms with Gasteiger partial charge in [0.15, 0.2) is 0 Å². The number of allylic oxidation sites excluding steroid dienone is 1. The van der Waals surface area contributed by atoms with Crippen LogP contribution in [0.15, 0.2) is 42.0 Å². The fourth-order valence-electron chi connectivity index (χ4n) is 1.26. The number of hydrogen-bond acceptors (Lipinski definition) is 2. The second-order valence-corrected chi connectivity index (χ2v) is 3.99. The molecule has 0 aliphatic rings. The van der Waals surface area contributed by atoms with E-state index in [1.54, 1.807) is 7.11 Å². The van der Waals surface area contributed by atoms with Gasteiger partial charge in [0, 0.05) is 0 Å². The molecule has 0 aliphatic heterocycles. The molecule has 0 atom stereocenters. The molecule has 0 bridgehead atoms. The summed E-state index contributed by atoms with van der Waals surface area (Å²) in [5.74, 6) is 0.877. The van der Waals surface area contributed by atoms with E-state index in [9.17, 15) is 0 Å². The molecule has 0 heterocycles. The van der Waals surface area contributed by atoms with Crippen LogP contribution in [0, 0.1) is 0 Å². The van der Waals surface area contributed by atoms with Crippen molar-refractivity contribution in [2.45, 2.75) is 13.8 Å². The molecule has 2 nitrogen and oxygen atoms in total. The molecule has 2 heteroatoms. The minimum absolute atomic E-state index is 0.635. The first kappa shape index (κ1) is 13.5. The highest BCUT2D eigenvalue weighted by Gasteiger charge is 1.89. The van der Waals surface area contributed by atoms with Gasteiger partial charge in [0.25, 0.3) is 0 Å². The van der Waals surface area contributed by atoms with Crippen molar-refractivity contribution < 1.29 is 9.47 Å². The number of methoxy groups -OCH3 is 1. The summed E-state index contributed by atoms with van der Waals surface area (Å²) in [5.41, 5.74) is 2.43. The maximum atomic E-state index is 5.42. The van der Waals surface area contributed by atoms with Gasteiger partial charge < -0.3 is 9.47 Å². The van der Waals surface area contributed by atoms with Gasteiger partial charge in [0.2, 0.25) is 0 Å². The third-order valence-electron chi connectivity index (χ3n) is 2.25. The van der Waals surface area contributed by atoms with Crippen LogP contribution < -0.4 is 4.74 Å². The zero-order valence-electron chi connectivity index (χ0n) is 10.8. The van der Waals surface area contributed by atoms with Crippen molar-refractivity contribution >= 4 is 6.08 Å². The second-order valence-electron chi connectivity index (χ2n) is 3.99. The Morgan fingerprint density at radius 2 is 1.82 bits per heavy atom. The van der Waals surface area contributed by atoms with Crippen molar-refractivity contribution in [3.8, 4) is 5.75 Å². The molecule has 0 aromatic heterocycles. The quantitative estimate of drug-likeness (QED) is 0.550. The van der Waals surface area contributed by atoms with Crippen molar-refractivity contribution in [3.05, 3.63) is 47.6 Å². The topological polar surface area (TPSA) is 18.5 Å². The van der Waals surface area contributed by atoms with E-state index in [0.717, 1.165) is 11.3 Å². The smallest absolute Gasteiger partial charge is 0.118 e. The maximum absolute atomic E-state index is 5.42. The summed E-state index contributed by atoms with van der Waals surface area (Å²) in [5, 5.41) is 0. The fourth-order valence-corrected chi connectivity index (χ4v) is 1.26. The summed E-state index contributed by atoms with van der Waals surface area (Å²) in [4.78, 5) is 0. The summed E-state index contributed by atoms with van der Waals surface area (Å²) in [7, 11) is 1.67. The van der Waals surface area contributed by atoms with Gasteiger partial charge in [0.1, 0.15) is 5.75 Å². The fraction of sp³-hybridized carbons (Fsp3) is 0.333. The van der Waals surface area contributed by atoms with E-state index < -0.39 is 0 Å². The predicted octanol–water partition coefficient (Wildman–Crippen LogP) is 3.69. The van der Waals surface area contributed by atoms with Crippen LogP contribution in [-0.4, -0.2) is 20.3 Å². The molecule has 0 aliphatic carbocycles. The maximum Gasteiger partial charge on any atom is 0.118 e. The highest BCUT2D eigenvalue weighted by Crippen LogP contribution is 2.12. The van der Waals surface area contributed by atoms with Gasteiger partial charge in [-0.15, -0.1) is 0 Å². The van der Waals surface area contributed by atoms with E-state index in [2.05, 4.69) is 19.9 Å². The van der Waals surface area contributed by atoms with Gasteiger partial charge in [-0.25, -0.2) is 0 Å². The molecule has 0 N–H and O–H groups in total. The van der Waals surface area contributed by atoms with Crippen molar-refractivity contribution in [2.75, 3.05) is 20.3 Å². The van der Waals surface area contributed by atoms with Gasteiger partial charge in [-0.1, -0.05) is 35.9 Å². The average molecular weight is 232 g/mol. The molecule has 1 rings (SSSR count). The highest BCUT2D eigenvalue weighted by atomic mass is 16.5. The Morgan fingerprint density at radius 3 is 2.41 bits per heavy atom. The van der Waals surface area contributed by atoms with Gasteiger partial charge >= 0.3 is 0 Å². The van der Waals surface area contributed by atoms with Crippen molar-refractivity contribution in [2.24, 2.45) is 0 Å². The Morgan fingerprint density at radius 1 is 1.12 bits per heavy atom. The van der Waals surface area contributed by atoms with E-state index in [1.165, 1.54) is 5.57 Å². The Balaban J connectivity index is 2.30. The molecular weight excluding hydrogens is 212 g/mol. The third kappa shape index (κ3) is 5.93. The minimum atomic E-state index is 0.635. The van der Waals surface area contributed by atoms with Crippen LogP contribution in [0.2, 0.25) is 0 Å². The molecule has 92 valence electrons. The second kappa shape index (κ2) is 7.69. The van der Waals surface area contributed by atoms with E-state index >= 15 is 0 Å². The monoisotopic (exact) mass is 232 g/mol. The van der Waals surface area contributed by atoms with Crippen LogP contribution in [0.4, 0.5) is 0 Å². The van der Waals surface area contributed by atoms with E-state index in [1.807, 2.05) is 36.4 Å². The Hall–Kier alpha value is -1.54. The lowest BCUT2D eigenvalue weighted by Gasteiger charge is -1.99. The van der Waals surface area contributed by atoms with Crippen LogP contribution in [0.1, 0.15) is 19.4 Å². The molecule has 0 spiro atoms. The number of benzene rings is 1. The van der Waals surface area contributed by atoms with Crippen LogP contribution in [0.3, 0.4) is 0 Å². The molecule has 1 aromatic rings. The minimum Gasteiger partial charge on any atom is -0.497 e. The van der Waals surface area contributed by atoms with Gasteiger partial charge in [0.05, 0.1) is 20.3 Å². The molecule has 1 aromatic carbocycles. The normalized spacial score (nSPS) is 10.5. The van der Waals surface area contributed by atoms with E-state index in [0.29, 0.717) is 13.2 Å². The molecule has 17 heavy (non-hydrogen) atoms. The SMILES string of the molecule is COc1ccc(/C=C/COCC=C(C)C)cc1. The third-order valence-corrected chi connectivity index (χ3v) is 2.25. The van der Waals surface area contributed by atoms with E-state index in [-0.39, 0.29) is 0 Å². The lowest BCUT2D eigenvalue weighted by atomic mass is 10.2. The first-order valence-corrected chi connectivity index (χ1v) is 5.74. The van der Waals surface area contributed by atoms with Crippen LogP contribution in [0.5, 0.6) is 5.75 Å². The van der Waals surface area contributed by atoms with Gasteiger partial charge in [-0.2, -0.15) is 0 Å². The first-order chi connectivity index (χ1) is 8.22. The number of rotatable bonds is 6. The molecule has 0 radical (unpaired) electrons. The van der Waals surface area contributed by atoms with Gasteiger partial charge in [-0.3, -0.25) is 0 Å². The zero-order chi connectivity index (χ0) is 12.5. The molecule has 0 saturated carbocycles. The van der Waals surface area contributed by atoms with Crippen molar-refractivity contribution in [1.82, 2.24) is 0 Å². The standard InChI is InChI=1S/C15H20O2/c1-13(2)10-12-17-11-4-5-14-6-8-15(16-3)9-7-14/h4-10H,11-12H2,1-3H3/b5-4+. The Labute approximate surface area is 104 Å². The summed E-state index contributed by atoms with van der Waals surface area (Å²) in [6.45, 7) is 5.44. The largest absolute Gasteiger partial charge is 0.497 e. The van der Waals surface area contributed by atoms with Crippen molar-refractivity contribution in [3.63, 3.8) is 0 Å². The lowest BCUT2D eigenvalue weighted by molar-refractivity contribution is 0.194. The number of ether oxygens (including phenoxy) is 2. The first-order valence-electron chi connectivity index (χ1n) is 5.74. The van der Waals surface area contributed by atoms with Crippen molar-refractivity contribution in [1.29, 1.82) is 0 Å². The summed E-state index contributed by atoms with van der Waals surface area (Å²) < 4.78 is 10.5. The molecular formula is C15H20O2. The predicted molar refractivity (Wildman–Crippen MR) is 72.3 cm³/mol. The molecule has 0 amide bonds. The van der Waals surface area contributed by atoms with Gasteiger partial charge in [-0.05, 0) is 31.5 Å². The Bertz CT molecular complexity index is 370. The summed E-state index contributed by atoms with van der Waals surface area (Å²) in [6.07, 6.45) is 6.13. The molecule has 0 unspecified atom stereocenters. The zero-order valence-corrected chi connectivity index (χ0v) is 10.8. The summed E-state index contributed by atoms with van der Waals surface area (Å²) in [6, 6.07) is 7.93. The molecule has 0 saturated heterocycles. The highest BCUT2D eigenvalue weighted by molar-refractivity contribution is 5.50. The lowest BCUT2D eigenvalue weighted by Crippen LogP contribution is -1.90. The average Bonchev–Trinajstić information content (AvgIpc) is 2.34. The summed E-state index contributed by atoms with van der Waals surface area (Å²) >= 11 is 0. The number of hydrogen-bond donors (Lipinski definition) is 0. The van der Waals surface area contributed by atoms with Crippen LogP contribution >= 0.6 is 0 Å². The van der Waals surface area contributed by atoms with E-state index in [4.69, 9.17) is 9.47 Å². The van der Waals surface area contributed by atoms with Crippen LogP contribution in [0.25, 0.3) is 6.08 Å².